The Morgan fingerprint density at radius 1 is 1.07 bits per heavy atom. The van der Waals surface area contributed by atoms with E-state index in [4.69, 9.17) is 35.2 Å². The van der Waals surface area contributed by atoms with E-state index in [-0.39, 0.29) is 18.0 Å². The van der Waals surface area contributed by atoms with E-state index in [9.17, 15) is 9.59 Å². The molecule has 0 spiro atoms. The second-order valence-corrected chi connectivity index (χ2v) is 9.19. The highest BCUT2D eigenvalue weighted by Crippen LogP contribution is 2.31. The summed E-state index contributed by atoms with van der Waals surface area (Å²) in [4.78, 5) is 30.3. The molecule has 0 radical (unpaired) electrons. The average molecular weight is 560 g/mol. The molecule has 0 aliphatic heterocycles. The highest BCUT2D eigenvalue weighted by atomic mass is 35.5. The van der Waals surface area contributed by atoms with Gasteiger partial charge in [-0.1, -0.05) is 23.7 Å². The highest BCUT2D eigenvalue weighted by Gasteiger charge is 2.19. The van der Waals surface area contributed by atoms with Crippen LogP contribution in [0.3, 0.4) is 0 Å². The molecule has 0 saturated carbocycles. The number of esters is 1. The van der Waals surface area contributed by atoms with E-state index in [1.165, 1.54) is 10.9 Å². The van der Waals surface area contributed by atoms with Gasteiger partial charge in [0, 0.05) is 10.4 Å². The summed E-state index contributed by atoms with van der Waals surface area (Å²) in [5.41, 5.74) is 1.39. The Balaban J connectivity index is 1.56. The van der Waals surface area contributed by atoms with Gasteiger partial charge < -0.3 is 18.6 Å². The first-order valence-electron chi connectivity index (χ1n) is 12.7. The topological polar surface area (TPSA) is 105 Å². The van der Waals surface area contributed by atoms with Crippen LogP contribution in [0.25, 0.3) is 33.5 Å². The minimum absolute atomic E-state index is 0.237. The molecular weight excluding hydrogens is 534 g/mol. The molecule has 3 aromatic carbocycles. The summed E-state index contributed by atoms with van der Waals surface area (Å²) in [5.74, 6) is 0.926. The molecule has 0 saturated heterocycles. The zero-order valence-corrected chi connectivity index (χ0v) is 22.8. The maximum Gasteiger partial charge on any atom is 0.347 e. The predicted octanol–water partition coefficient (Wildman–Crippen LogP) is 6.07. The fourth-order valence-electron chi connectivity index (χ4n) is 4.11. The van der Waals surface area contributed by atoms with E-state index >= 15 is 0 Å². The summed E-state index contributed by atoms with van der Waals surface area (Å²) >= 11 is 6.15. The SMILES string of the molecule is CCOC(=O)[C@H](C)Oc1ccc(C=Nn2c(-c3cc4cc(Cl)ccc4o3)nc3ccccc3c2=O)cc1OCC. The lowest BCUT2D eigenvalue weighted by Crippen LogP contribution is -2.26. The van der Waals surface area contributed by atoms with Gasteiger partial charge in [-0.2, -0.15) is 9.78 Å². The molecule has 2 heterocycles. The smallest absolute Gasteiger partial charge is 0.347 e. The van der Waals surface area contributed by atoms with Gasteiger partial charge in [0.2, 0.25) is 5.82 Å². The number of furan rings is 1. The van der Waals surface area contributed by atoms with Gasteiger partial charge in [0.05, 0.1) is 30.3 Å². The first-order chi connectivity index (χ1) is 19.4. The maximum atomic E-state index is 13.5. The fraction of sp³-hybridized carbons (Fsp3) is 0.200. The van der Waals surface area contributed by atoms with Crippen molar-refractivity contribution in [1.82, 2.24) is 9.66 Å². The zero-order chi connectivity index (χ0) is 28.2. The number of carbonyl (C=O) groups is 1. The highest BCUT2D eigenvalue weighted by molar-refractivity contribution is 6.31. The van der Waals surface area contributed by atoms with Crippen molar-refractivity contribution in [3.05, 3.63) is 87.7 Å². The number of nitrogens with zero attached hydrogens (tertiary/aromatic N) is 3. The van der Waals surface area contributed by atoms with Gasteiger partial charge in [-0.25, -0.2) is 9.78 Å². The lowest BCUT2D eigenvalue weighted by atomic mass is 10.2. The third-order valence-corrected chi connectivity index (χ3v) is 6.20. The molecule has 2 aromatic heterocycles. The number of hydrogen-bond acceptors (Lipinski definition) is 8. The summed E-state index contributed by atoms with van der Waals surface area (Å²) in [7, 11) is 0. The van der Waals surface area contributed by atoms with Crippen molar-refractivity contribution in [2.75, 3.05) is 13.2 Å². The molecule has 0 N–H and O–H groups in total. The Hall–Kier alpha value is -4.63. The molecule has 204 valence electrons. The van der Waals surface area contributed by atoms with E-state index in [0.717, 1.165) is 5.39 Å². The van der Waals surface area contributed by atoms with Crippen molar-refractivity contribution in [1.29, 1.82) is 0 Å². The van der Waals surface area contributed by atoms with Crippen LogP contribution in [-0.4, -0.2) is 41.2 Å². The summed E-state index contributed by atoms with van der Waals surface area (Å²) < 4.78 is 23.8. The van der Waals surface area contributed by atoms with Crippen molar-refractivity contribution in [2.24, 2.45) is 5.10 Å². The Labute approximate surface area is 234 Å². The zero-order valence-electron chi connectivity index (χ0n) is 22.1. The first kappa shape index (κ1) is 27.0. The number of hydrogen-bond donors (Lipinski definition) is 0. The number of rotatable bonds is 9. The molecule has 10 heteroatoms. The van der Waals surface area contributed by atoms with Crippen LogP contribution < -0.4 is 15.0 Å². The Morgan fingerprint density at radius 3 is 2.70 bits per heavy atom. The molecule has 5 aromatic rings. The monoisotopic (exact) mass is 559 g/mol. The minimum atomic E-state index is -0.817. The number of carbonyl (C=O) groups excluding carboxylic acids is 1. The standard InChI is InChI=1S/C30H26ClN3O6/c1-4-37-26-14-19(10-12-25(26)39-18(3)30(36)38-5-2)17-32-34-28(33-23-9-7-6-8-22(23)29(34)35)27-16-20-15-21(31)11-13-24(20)40-27/h6-18H,4-5H2,1-3H3/t18-/m0/s1. The van der Waals surface area contributed by atoms with Crippen LogP contribution in [0.15, 0.2) is 81.0 Å². The summed E-state index contributed by atoms with van der Waals surface area (Å²) in [6.07, 6.45) is 0.698. The molecule has 0 bridgehead atoms. The van der Waals surface area contributed by atoms with Crippen molar-refractivity contribution < 1.29 is 23.4 Å². The molecule has 0 aliphatic rings. The quantitative estimate of drug-likeness (QED) is 0.159. The molecule has 1 atom stereocenters. The summed E-state index contributed by atoms with van der Waals surface area (Å²) in [5, 5.41) is 6.24. The number of para-hydroxylation sites is 1. The van der Waals surface area contributed by atoms with Crippen LogP contribution in [0.1, 0.15) is 26.3 Å². The van der Waals surface area contributed by atoms with Crippen LogP contribution in [-0.2, 0) is 9.53 Å². The number of fused-ring (bicyclic) bond motifs is 2. The molecular formula is C30H26ClN3O6. The van der Waals surface area contributed by atoms with Crippen molar-refractivity contribution in [3.8, 4) is 23.1 Å². The van der Waals surface area contributed by atoms with Crippen molar-refractivity contribution in [2.45, 2.75) is 26.9 Å². The molecule has 9 nitrogen and oxygen atoms in total. The van der Waals surface area contributed by atoms with Gasteiger partial charge in [0.1, 0.15) is 5.58 Å². The number of ether oxygens (including phenoxy) is 3. The van der Waals surface area contributed by atoms with Crippen LogP contribution >= 0.6 is 11.6 Å². The predicted molar refractivity (Wildman–Crippen MR) is 154 cm³/mol. The Bertz CT molecular complexity index is 1790. The van der Waals surface area contributed by atoms with E-state index in [1.807, 2.05) is 13.0 Å². The van der Waals surface area contributed by atoms with E-state index < -0.39 is 12.1 Å². The first-order valence-corrected chi connectivity index (χ1v) is 13.1. The van der Waals surface area contributed by atoms with Crippen LogP contribution in [0, 0.1) is 0 Å². The molecule has 0 unspecified atom stereocenters. The van der Waals surface area contributed by atoms with E-state index in [1.54, 1.807) is 74.5 Å². The summed E-state index contributed by atoms with van der Waals surface area (Å²) in [6.45, 7) is 5.81. The maximum absolute atomic E-state index is 13.5. The van der Waals surface area contributed by atoms with Gasteiger partial charge in [0.25, 0.3) is 5.56 Å². The second-order valence-electron chi connectivity index (χ2n) is 8.76. The van der Waals surface area contributed by atoms with Crippen molar-refractivity contribution in [3.63, 3.8) is 0 Å². The number of aromatic nitrogens is 2. The minimum Gasteiger partial charge on any atom is -0.490 e. The molecule has 0 amide bonds. The van der Waals surface area contributed by atoms with Gasteiger partial charge in [0.15, 0.2) is 23.4 Å². The largest absolute Gasteiger partial charge is 0.490 e. The van der Waals surface area contributed by atoms with Crippen molar-refractivity contribution >= 4 is 45.7 Å². The third kappa shape index (κ3) is 5.55. The van der Waals surface area contributed by atoms with Gasteiger partial charge >= 0.3 is 5.97 Å². The molecule has 0 fully saturated rings. The average Bonchev–Trinajstić information content (AvgIpc) is 3.37. The summed E-state index contributed by atoms with van der Waals surface area (Å²) in [6, 6.07) is 19.2. The number of benzene rings is 3. The second kappa shape index (κ2) is 11.6. The van der Waals surface area contributed by atoms with Crippen LogP contribution in [0.5, 0.6) is 11.5 Å². The van der Waals surface area contributed by atoms with E-state index in [2.05, 4.69) is 5.10 Å². The van der Waals surface area contributed by atoms with Crippen LogP contribution in [0.2, 0.25) is 5.02 Å². The Kier molecular flexibility index (Phi) is 7.84. The molecule has 5 rings (SSSR count). The van der Waals surface area contributed by atoms with Gasteiger partial charge in [-0.15, -0.1) is 0 Å². The normalized spacial score (nSPS) is 12.2. The lowest BCUT2D eigenvalue weighted by Gasteiger charge is -2.16. The number of halogens is 1. The van der Waals surface area contributed by atoms with E-state index in [0.29, 0.717) is 50.9 Å². The lowest BCUT2D eigenvalue weighted by molar-refractivity contribution is -0.150. The molecule has 0 aliphatic carbocycles. The molecule has 40 heavy (non-hydrogen) atoms. The fourth-order valence-corrected chi connectivity index (χ4v) is 4.29. The van der Waals surface area contributed by atoms with Gasteiger partial charge in [-0.3, -0.25) is 4.79 Å². The van der Waals surface area contributed by atoms with Crippen LogP contribution in [0.4, 0.5) is 0 Å². The Morgan fingerprint density at radius 2 is 1.90 bits per heavy atom. The third-order valence-electron chi connectivity index (χ3n) is 5.96. The van der Waals surface area contributed by atoms with Gasteiger partial charge in [-0.05, 0) is 80.9 Å².